The number of carbonyl (C=O) groups excluding carboxylic acids is 1. The Morgan fingerprint density at radius 1 is 1.31 bits per heavy atom. The Morgan fingerprint density at radius 2 is 2.12 bits per heavy atom. The van der Waals surface area contributed by atoms with Crippen LogP contribution >= 0.6 is 7.60 Å². The molecule has 170 valence electrons. The van der Waals surface area contributed by atoms with Crippen molar-refractivity contribution in [1.82, 2.24) is 14.5 Å². The van der Waals surface area contributed by atoms with Gasteiger partial charge >= 0.3 is 7.60 Å². The van der Waals surface area contributed by atoms with Crippen LogP contribution in [0.2, 0.25) is 0 Å². The molecule has 5 rings (SSSR count). The number of benzene rings is 1. The minimum absolute atomic E-state index is 0.0890. The second-order valence-electron chi connectivity index (χ2n) is 7.96. The van der Waals surface area contributed by atoms with E-state index < -0.39 is 13.7 Å². The smallest absolute Gasteiger partial charge is 0.356 e. The fraction of sp³-hybridized carbons (Fsp3) is 0.476. The standard InChI is InChI=1S/C21H24FN4O5P/c1-2-16-17-11-26(17)21(27)19-20(24-16)25(12-23-19)8-10-29-13-32(28)30-9-7-18(31-32)14-3-5-15(22)6-4-14/h3-6,12,17-18H,2,7-11,13H2,1H3. The van der Waals surface area contributed by atoms with Crippen LogP contribution in [0, 0.1) is 5.82 Å². The maximum atomic E-state index is 13.2. The first-order chi connectivity index (χ1) is 15.5. The summed E-state index contributed by atoms with van der Waals surface area (Å²) in [6.45, 7) is 3.61. The van der Waals surface area contributed by atoms with E-state index in [4.69, 9.17) is 18.8 Å². The van der Waals surface area contributed by atoms with Gasteiger partial charge in [0.05, 0.1) is 31.7 Å². The number of aromatic nitrogens is 2. The molecule has 32 heavy (non-hydrogen) atoms. The quantitative estimate of drug-likeness (QED) is 0.354. The summed E-state index contributed by atoms with van der Waals surface area (Å²) >= 11 is 0. The molecule has 9 nitrogen and oxygen atoms in total. The van der Waals surface area contributed by atoms with Crippen molar-refractivity contribution in [3.8, 4) is 0 Å². The normalized spacial score (nSPS) is 26.9. The molecular weight excluding hydrogens is 438 g/mol. The Morgan fingerprint density at radius 3 is 2.91 bits per heavy atom. The molecule has 1 aromatic carbocycles. The van der Waals surface area contributed by atoms with Gasteiger partial charge in [0.15, 0.2) is 11.5 Å². The van der Waals surface area contributed by atoms with Crippen molar-refractivity contribution in [3.05, 3.63) is 47.7 Å². The zero-order chi connectivity index (χ0) is 22.3. The van der Waals surface area contributed by atoms with Gasteiger partial charge in [-0.15, -0.1) is 0 Å². The lowest BCUT2D eigenvalue weighted by Crippen LogP contribution is -2.17. The number of aliphatic imine (C=N–C) groups is 1. The summed E-state index contributed by atoms with van der Waals surface area (Å²) in [5.41, 5.74) is 2.07. The summed E-state index contributed by atoms with van der Waals surface area (Å²) in [5.74, 6) is 0.101. The first kappa shape index (κ1) is 21.5. The van der Waals surface area contributed by atoms with Crippen molar-refractivity contribution >= 4 is 25.0 Å². The molecule has 0 N–H and O–H groups in total. The number of halogens is 1. The van der Waals surface area contributed by atoms with E-state index in [0.717, 1.165) is 17.7 Å². The number of imidazole rings is 1. The molecule has 0 radical (unpaired) electrons. The number of carbonyl (C=O) groups is 1. The van der Waals surface area contributed by atoms with Crippen LogP contribution in [-0.4, -0.2) is 58.2 Å². The lowest BCUT2D eigenvalue weighted by atomic mass is 10.1. The van der Waals surface area contributed by atoms with Crippen molar-refractivity contribution in [1.29, 1.82) is 0 Å². The second-order valence-corrected chi connectivity index (χ2v) is 9.90. The highest BCUT2D eigenvalue weighted by atomic mass is 31.2. The number of hydrogen-bond donors (Lipinski definition) is 0. The van der Waals surface area contributed by atoms with Gasteiger partial charge in [-0.1, -0.05) is 19.1 Å². The predicted octanol–water partition coefficient (Wildman–Crippen LogP) is 3.69. The first-order valence-corrected chi connectivity index (χ1v) is 12.4. The lowest BCUT2D eigenvalue weighted by molar-refractivity contribution is 0.0562. The molecule has 3 aliphatic rings. The van der Waals surface area contributed by atoms with E-state index in [1.165, 1.54) is 12.1 Å². The zero-order valence-corrected chi connectivity index (χ0v) is 18.5. The number of hydrogen-bond acceptors (Lipinski definition) is 7. The van der Waals surface area contributed by atoms with Crippen molar-refractivity contribution in [2.45, 2.75) is 38.5 Å². The lowest BCUT2D eigenvalue weighted by Gasteiger charge is -2.29. The van der Waals surface area contributed by atoms with Crippen LogP contribution in [-0.2, 0) is 24.9 Å². The highest BCUT2D eigenvalue weighted by Gasteiger charge is 2.45. The van der Waals surface area contributed by atoms with Crippen LogP contribution in [0.5, 0.6) is 0 Å². The van der Waals surface area contributed by atoms with Gasteiger partial charge in [-0.25, -0.2) is 14.4 Å². The van der Waals surface area contributed by atoms with E-state index in [0.29, 0.717) is 31.0 Å². The fourth-order valence-electron chi connectivity index (χ4n) is 4.01. The summed E-state index contributed by atoms with van der Waals surface area (Å²) in [6, 6.07) is 6.02. The van der Waals surface area contributed by atoms with Gasteiger partial charge in [0.2, 0.25) is 0 Å². The van der Waals surface area contributed by atoms with Crippen LogP contribution in [0.1, 0.15) is 41.9 Å². The summed E-state index contributed by atoms with van der Waals surface area (Å²) in [4.78, 5) is 23.3. The predicted molar refractivity (Wildman–Crippen MR) is 114 cm³/mol. The van der Waals surface area contributed by atoms with Crippen LogP contribution in [0.3, 0.4) is 0 Å². The number of ether oxygens (including phenoxy) is 1. The molecule has 0 aliphatic carbocycles. The molecule has 1 amide bonds. The summed E-state index contributed by atoms with van der Waals surface area (Å²) < 4.78 is 44.6. The van der Waals surface area contributed by atoms with Gasteiger partial charge in [-0.3, -0.25) is 13.9 Å². The van der Waals surface area contributed by atoms with E-state index >= 15 is 0 Å². The van der Waals surface area contributed by atoms with Crippen molar-refractivity contribution < 1.29 is 27.5 Å². The largest absolute Gasteiger partial charge is 0.367 e. The molecule has 2 saturated heterocycles. The summed E-state index contributed by atoms with van der Waals surface area (Å²) in [6.07, 6.45) is 2.24. The van der Waals surface area contributed by atoms with Crippen LogP contribution in [0.15, 0.2) is 35.6 Å². The van der Waals surface area contributed by atoms with Gasteiger partial charge in [-0.05, 0) is 24.1 Å². The molecule has 0 spiro atoms. The maximum absolute atomic E-state index is 13.2. The first-order valence-electron chi connectivity index (χ1n) is 10.7. The van der Waals surface area contributed by atoms with E-state index in [-0.39, 0.29) is 37.3 Å². The zero-order valence-electron chi connectivity index (χ0n) is 17.6. The van der Waals surface area contributed by atoms with Gasteiger partial charge in [-0.2, -0.15) is 0 Å². The molecule has 1 aromatic heterocycles. The van der Waals surface area contributed by atoms with Crippen LogP contribution < -0.4 is 0 Å². The molecular formula is C21H24FN4O5P. The fourth-order valence-corrected chi connectivity index (χ4v) is 5.55. The number of rotatable bonds is 7. The monoisotopic (exact) mass is 462 g/mol. The van der Waals surface area contributed by atoms with Crippen LogP contribution in [0.4, 0.5) is 10.2 Å². The summed E-state index contributed by atoms with van der Waals surface area (Å²) in [7, 11) is -3.44. The minimum atomic E-state index is -3.44. The average molecular weight is 462 g/mol. The third-order valence-corrected chi connectivity index (χ3v) is 7.46. The Labute approximate surface area is 184 Å². The van der Waals surface area contributed by atoms with E-state index in [9.17, 15) is 13.8 Å². The Kier molecular flexibility index (Phi) is 5.71. The topological polar surface area (TPSA) is 95.0 Å². The maximum Gasteiger partial charge on any atom is 0.356 e. The molecule has 4 heterocycles. The highest BCUT2D eigenvalue weighted by molar-refractivity contribution is 7.53. The molecule has 11 heteroatoms. The van der Waals surface area contributed by atoms with Crippen molar-refractivity contribution in [2.75, 3.05) is 26.1 Å². The van der Waals surface area contributed by atoms with E-state index in [2.05, 4.69) is 4.98 Å². The molecule has 0 bridgehead atoms. The molecule has 2 fully saturated rings. The third kappa shape index (κ3) is 4.15. The average Bonchev–Trinajstić information content (AvgIpc) is 3.50. The van der Waals surface area contributed by atoms with Gasteiger partial charge < -0.3 is 18.7 Å². The number of nitrogens with zero attached hydrogens (tertiary/aromatic N) is 4. The second kappa shape index (κ2) is 8.51. The van der Waals surface area contributed by atoms with Gasteiger partial charge in [0, 0.05) is 25.2 Å². The third-order valence-electron chi connectivity index (χ3n) is 5.81. The molecule has 3 atom stereocenters. The SMILES string of the molecule is CCC1=Nc2c(ncn2CCOCP2(=O)OCCC(c3ccc(F)cc3)O2)C(=O)N2CC12. The summed E-state index contributed by atoms with van der Waals surface area (Å²) in [5, 5.41) is 0. The Balaban J connectivity index is 1.19. The minimum Gasteiger partial charge on any atom is -0.367 e. The van der Waals surface area contributed by atoms with Gasteiger partial charge in [0.25, 0.3) is 5.91 Å². The number of amides is 1. The molecule has 3 aliphatic heterocycles. The van der Waals surface area contributed by atoms with Crippen molar-refractivity contribution in [3.63, 3.8) is 0 Å². The Bertz CT molecular complexity index is 1100. The Hall–Kier alpha value is -2.39. The van der Waals surface area contributed by atoms with Crippen molar-refractivity contribution in [2.24, 2.45) is 4.99 Å². The number of fused-ring (bicyclic) bond motifs is 2. The molecule has 2 aromatic rings. The van der Waals surface area contributed by atoms with E-state index in [1.54, 1.807) is 27.9 Å². The highest BCUT2D eigenvalue weighted by Crippen LogP contribution is 2.55. The molecule has 3 unspecified atom stereocenters. The molecule has 0 saturated carbocycles. The van der Waals surface area contributed by atoms with E-state index in [1.807, 2.05) is 6.92 Å². The van der Waals surface area contributed by atoms with Gasteiger partial charge in [0.1, 0.15) is 12.2 Å². The van der Waals surface area contributed by atoms with Crippen LogP contribution in [0.25, 0.3) is 0 Å².